The van der Waals surface area contributed by atoms with Crippen molar-refractivity contribution in [2.24, 2.45) is 0 Å². The zero-order valence-electron chi connectivity index (χ0n) is 12.9. The normalized spacial score (nSPS) is 17.8. The molecule has 2 aromatic heterocycles. The van der Waals surface area contributed by atoms with E-state index in [1.807, 2.05) is 52.1 Å². The predicted octanol–water partition coefficient (Wildman–Crippen LogP) is 2.54. The number of para-hydroxylation sites is 1. The molecule has 0 N–H and O–H groups in total. The molecular weight excluding hydrogens is 324 g/mol. The second-order valence-electron chi connectivity index (χ2n) is 5.47. The van der Waals surface area contributed by atoms with Crippen LogP contribution in [0.3, 0.4) is 0 Å². The highest BCUT2D eigenvalue weighted by atomic mass is 32.1. The lowest BCUT2D eigenvalue weighted by Gasteiger charge is -2.34. The van der Waals surface area contributed by atoms with E-state index in [1.165, 1.54) is 17.7 Å². The number of ether oxygens (including phenoxy) is 1. The summed E-state index contributed by atoms with van der Waals surface area (Å²) in [5.74, 6) is 0.719. The summed E-state index contributed by atoms with van der Waals surface area (Å²) in [6.45, 7) is 1.49. The highest BCUT2D eigenvalue weighted by molar-refractivity contribution is 7.08. The first kappa shape index (κ1) is 15.0. The van der Waals surface area contributed by atoms with Crippen molar-refractivity contribution >= 4 is 17.2 Å². The zero-order valence-corrected chi connectivity index (χ0v) is 13.7. The van der Waals surface area contributed by atoms with E-state index >= 15 is 0 Å². The molecule has 0 radical (unpaired) electrons. The Balaban J connectivity index is 1.70. The van der Waals surface area contributed by atoms with Gasteiger partial charge >= 0.3 is 0 Å². The van der Waals surface area contributed by atoms with Gasteiger partial charge in [0.1, 0.15) is 12.4 Å². The third-order valence-electron chi connectivity index (χ3n) is 4.03. The molecule has 24 heavy (non-hydrogen) atoms. The largest absolute Gasteiger partial charge is 0.377 e. The molecule has 1 fully saturated rings. The number of aromatic nitrogens is 3. The van der Waals surface area contributed by atoms with Gasteiger partial charge in [-0.2, -0.15) is 16.4 Å². The SMILES string of the molecule is O=C(c1ccsc1)N1CCOC[C@@H]1c1ncnn1-c1ccccc1. The molecular formula is C17H16N4O2S. The van der Waals surface area contributed by atoms with Crippen molar-refractivity contribution in [1.82, 2.24) is 19.7 Å². The van der Waals surface area contributed by atoms with Crippen LogP contribution in [0.5, 0.6) is 0 Å². The average Bonchev–Trinajstić information content (AvgIpc) is 3.33. The molecule has 3 aromatic rings. The van der Waals surface area contributed by atoms with Crippen molar-refractivity contribution in [2.45, 2.75) is 6.04 Å². The number of hydrogen-bond acceptors (Lipinski definition) is 5. The highest BCUT2D eigenvalue weighted by Crippen LogP contribution is 2.26. The minimum atomic E-state index is -0.256. The van der Waals surface area contributed by atoms with E-state index in [9.17, 15) is 4.79 Å². The molecule has 122 valence electrons. The molecule has 1 amide bonds. The first-order valence-corrected chi connectivity index (χ1v) is 8.65. The molecule has 7 heteroatoms. The summed E-state index contributed by atoms with van der Waals surface area (Å²) in [6.07, 6.45) is 1.52. The number of nitrogens with zero attached hydrogens (tertiary/aromatic N) is 4. The number of carbonyl (C=O) groups excluding carboxylic acids is 1. The summed E-state index contributed by atoms with van der Waals surface area (Å²) in [7, 11) is 0. The Morgan fingerprint density at radius 1 is 1.25 bits per heavy atom. The van der Waals surface area contributed by atoms with Crippen molar-refractivity contribution < 1.29 is 9.53 Å². The van der Waals surface area contributed by atoms with Crippen LogP contribution in [-0.2, 0) is 4.74 Å². The summed E-state index contributed by atoms with van der Waals surface area (Å²) in [4.78, 5) is 19.1. The standard InChI is InChI=1S/C17H16N4O2S/c22-17(13-6-9-24-11-13)20-7-8-23-10-15(20)16-18-12-19-21(16)14-4-2-1-3-5-14/h1-6,9,11-12,15H,7-8,10H2/t15-/m1/s1. The topological polar surface area (TPSA) is 60.3 Å². The second kappa shape index (κ2) is 6.54. The van der Waals surface area contributed by atoms with Crippen molar-refractivity contribution in [1.29, 1.82) is 0 Å². The van der Waals surface area contributed by atoms with Crippen LogP contribution in [0.1, 0.15) is 22.2 Å². The molecule has 0 unspecified atom stereocenters. The lowest BCUT2D eigenvalue weighted by molar-refractivity contribution is -0.00576. The van der Waals surface area contributed by atoms with Gasteiger partial charge in [0.15, 0.2) is 5.82 Å². The maximum atomic E-state index is 12.8. The number of amides is 1. The van der Waals surface area contributed by atoms with Gasteiger partial charge in [-0.15, -0.1) is 0 Å². The number of rotatable bonds is 3. The Bertz CT molecular complexity index is 816. The minimum Gasteiger partial charge on any atom is -0.377 e. The predicted molar refractivity (Wildman–Crippen MR) is 90.3 cm³/mol. The Morgan fingerprint density at radius 3 is 2.92 bits per heavy atom. The van der Waals surface area contributed by atoms with Crippen LogP contribution in [0, 0.1) is 0 Å². The number of carbonyl (C=O) groups is 1. The van der Waals surface area contributed by atoms with Crippen LogP contribution >= 0.6 is 11.3 Å². The Morgan fingerprint density at radius 2 is 2.12 bits per heavy atom. The Labute approximate surface area is 143 Å². The van der Waals surface area contributed by atoms with Gasteiger partial charge in [-0.25, -0.2) is 9.67 Å². The molecule has 6 nitrogen and oxygen atoms in total. The molecule has 3 heterocycles. The minimum absolute atomic E-state index is 0.00663. The molecule has 0 spiro atoms. The van der Waals surface area contributed by atoms with Crippen LogP contribution in [0.15, 0.2) is 53.5 Å². The molecule has 1 aliphatic rings. The fourth-order valence-corrected chi connectivity index (χ4v) is 3.49. The molecule has 0 bridgehead atoms. The molecule has 0 aliphatic carbocycles. The van der Waals surface area contributed by atoms with Crippen molar-refractivity contribution in [3.05, 3.63) is 64.9 Å². The summed E-state index contributed by atoms with van der Waals surface area (Å²) in [5, 5.41) is 8.12. The van der Waals surface area contributed by atoms with Gasteiger partial charge in [-0.05, 0) is 23.6 Å². The van der Waals surface area contributed by atoms with Crippen LogP contribution in [0.4, 0.5) is 0 Å². The lowest BCUT2D eigenvalue weighted by atomic mass is 10.1. The van der Waals surface area contributed by atoms with Crippen LogP contribution < -0.4 is 0 Å². The van der Waals surface area contributed by atoms with Crippen molar-refractivity contribution in [3.63, 3.8) is 0 Å². The quantitative estimate of drug-likeness (QED) is 0.735. The molecule has 4 rings (SSSR count). The first-order chi connectivity index (χ1) is 11.8. The van der Waals surface area contributed by atoms with E-state index in [2.05, 4.69) is 10.1 Å². The third kappa shape index (κ3) is 2.72. The summed E-state index contributed by atoms with van der Waals surface area (Å²) in [6, 6.07) is 11.4. The van der Waals surface area contributed by atoms with E-state index in [1.54, 1.807) is 4.68 Å². The number of morpholine rings is 1. The van der Waals surface area contributed by atoms with E-state index in [-0.39, 0.29) is 11.9 Å². The van der Waals surface area contributed by atoms with Crippen molar-refractivity contribution in [3.8, 4) is 5.69 Å². The Kier molecular flexibility index (Phi) is 4.10. The van der Waals surface area contributed by atoms with Crippen LogP contribution in [-0.4, -0.2) is 45.3 Å². The zero-order chi connectivity index (χ0) is 16.4. The summed E-state index contributed by atoms with van der Waals surface area (Å²) < 4.78 is 7.39. The monoisotopic (exact) mass is 340 g/mol. The Hall–Kier alpha value is -2.51. The number of thiophene rings is 1. The molecule has 1 aliphatic heterocycles. The summed E-state index contributed by atoms with van der Waals surface area (Å²) >= 11 is 1.52. The lowest BCUT2D eigenvalue weighted by Crippen LogP contribution is -2.44. The van der Waals surface area contributed by atoms with E-state index < -0.39 is 0 Å². The molecule has 1 atom stereocenters. The van der Waals surface area contributed by atoms with Gasteiger partial charge in [-0.3, -0.25) is 4.79 Å². The maximum absolute atomic E-state index is 12.8. The summed E-state index contributed by atoms with van der Waals surface area (Å²) in [5.41, 5.74) is 1.62. The smallest absolute Gasteiger partial charge is 0.255 e. The van der Waals surface area contributed by atoms with E-state index in [0.29, 0.717) is 31.1 Å². The first-order valence-electron chi connectivity index (χ1n) is 7.71. The fraction of sp³-hybridized carbons (Fsp3) is 0.235. The highest BCUT2D eigenvalue weighted by Gasteiger charge is 2.33. The molecule has 1 aromatic carbocycles. The van der Waals surface area contributed by atoms with E-state index in [0.717, 1.165) is 5.69 Å². The molecule has 1 saturated heterocycles. The second-order valence-corrected chi connectivity index (χ2v) is 6.25. The maximum Gasteiger partial charge on any atom is 0.255 e. The van der Waals surface area contributed by atoms with Gasteiger partial charge in [0.2, 0.25) is 0 Å². The molecule has 0 saturated carbocycles. The van der Waals surface area contributed by atoms with Gasteiger partial charge < -0.3 is 9.64 Å². The van der Waals surface area contributed by atoms with Crippen molar-refractivity contribution in [2.75, 3.05) is 19.8 Å². The fourth-order valence-electron chi connectivity index (χ4n) is 2.86. The van der Waals surface area contributed by atoms with Gasteiger partial charge in [0.25, 0.3) is 5.91 Å². The third-order valence-corrected chi connectivity index (χ3v) is 4.71. The van der Waals surface area contributed by atoms with Gasteiger partial charge in [-0.1, -0.05) is 18.2 Å². The van der Waals surface area contributed by atoms with Gasteiger partial charge in [0.05, 0.1) is 24.5 Å². The van der Waals surface area contributed by atoms with Gasteiger partial charge in [0, 0.05) is 11.9 Å². The van der Waals surface area contributed by atoms with E-state index in [4.69, 9.17) is 4.74 Å². The number of hydrogen-bond donors (Lipinski definition) is 0. The van der Waals surface area contributed by atoms with Crippen LogP contribution in [0.25, 0.3) is 5.69 Å². The average molecular weight is 340 g/mol. The number of benzene rings is 1. The van der Waals surface area contributed by atoms with Crippen LogP contribution in [0.2, 0.25) is 0 Å².